The quantitative estimate of drug-likeness (QED) is 0.573. The summed E-state index contributed by atoms with van der Waals surface area (Å²) in [6.45, 7) is 0.876. The van der Waals surface area contributed by atoms with Crippen LogP contribution in [0.15, 0.2) is 42.5 Å². The lowest BCUT2D eigenvalue weighted by atomic mass is 10.2. The number of hydrogen-bond donors (Lipinski definition) is 1. The van der Waals surface area contributed by atoms with E-state index in [4.69, 9.17) is 28.8 Å². The summed E-state index contributed by atoms with van der Waals surface area (Å²) in [7, 11) is 0. The van der Waals surface area contributed by atoms with Crippen molar-refractivity contribution in [1.82, 2.24) is 9.88 Å². The van der Waals surface area contributed by atoms with Crippen molar-refractivity contribution in [3.8, 4) is 0 Å². The summed E-state index contributed by atoms with van der Waals surface area (Å²) >= 11 is 13.1. The Hall–Kier alpha value is -1.76. The number of nitrogens with one attached hydrogen (secondary N) is 1. The van der Waals surface area contributed by atoms with Crippen molar-refractivity contribution in [3.05, 3.63) is 58.3 Å². The number of rotatable bonds is 2. The largest absolute Gasteiger partial charge is 0.340 e. The van der Waals surface area contributed by atoms with E-state index in [9.17, 15) is 4.39 Å². The molecule has 128 valence electrons. The second-order valence-corrected chi connectivity index (χ2v) is 7.79. The van der Waals surface area contributed by atoms with E-state index in [0.29, 0.717) is 10.8 Å². The number of likely N-dealkylation sites (tertiary alicyclic amines) is 1. The first-order valence-corrected chi connectivity index (χ1v) is 9.60. The van der Waals surface area contributed by atoms with Gasteiger partial charge in [0, 0.05) is 12.2 Å². The summed E-state index contributed by atoms with van der Waals surface area (Å²) in [6.07, 6.45) is 2.08. The molecular formula is C18H15ClFN3S2. The molecule has 1 atom stereocenters. The molecule has 1 aliphatic rings. The molecule has 1 saturated heterocycles. The number of anilines is 1. The number of thiocarbonyl (C=S) groups is 1. The molecule has 1 aromatic heterocycles. The third-order valence-electron chi connectivity index (χ3n) is 4.28. The van der Waals surface area contributed by atoms with Crippen molar-refractivity contribution >= 4 is 56.2 Å². The van der Waals surface area contributed by atoms with Crippen LogP contribution in [0.5, 0.6) is 0 Å². The van der Waals surface area contributed by atoms with E-state index in [2.05, 4.69) is 16.3 Å². The molecule has 1 N–H and O–H groups in total. The molecule has 0 unspecified atom stereocenters. The van der Waals surface area contributed by atoms with E-state index in [1.54, 1.807) is 23.5 Å². The maximum absolute atomic E-state index is 13.3. The fourth-order valence-corrected chi connectivity index (χ4v) is 4.70. The van der Waals surface area contributed by atoms with Crippen LogP contribution in [0.2, 0.25) is 5.02 Å². The minimum atomic E-state index is -0.438. The average Bonchev–Trinajstić information content (AvgIpc) is 3.24. The maximum atomic E-state index is 13.3. The normalized spacial score (nSPS) is 17.2. The van der Waals surface area contributed by atoms with Gasteiger partial charge in [-0.05, 0) is 55.4 Å². The number of nitrogens with zero attached hydrogens (tertiary/aromatic N) is 2. The van der Waals surface area contributed by atoms with Crippen LogP contribution in [0.25, 0.3) is 10.2 Å². The SMILES string of the molecule is Fc1ccc(NC(=S)N2CCC[C@@H]2c2nc3ccccc3s2)cc1Cl. The number of aromatic nitrogens is 1. The van der Waals surface area contributed by atoms with Crippen molar-refractivity contribution in [1.29, 1.82) is 0 Å². The second kappa shape index (κ2) is 6.86. The minimum Gasteiger partial charge on any atom is -0.340 e. The Kier molecular flexibility index (Phi) is 4.58. The van der Waals surface area contributed by atoms with Crippen LogP contribution in [0.4, 0.5) is 10.1 Å². The third kappa shape index (κ3) is 3.34. The fraction of sp³-hybridized carbons (Fsp3) is 0.222. The van der Waals surface area contributed by atoms with Gasteiger partial charge in [-0.25, -0.2) is 9.37 Å². The Morgan fingerprint density at radius 1 is 1.32 bits per heavy atom. The topological polar surface area (TPSA) is 28.2 Å². The van der Waals surface area contributed by atoms with E-state index >= 15 is 0 Å². The Morgan fingerprint density at radius 2 is 2.16 bits per heavy atom. The van der Waals surface area contributed by atoms with Gasteiger partial charge in [-0.1, -0.05) is 23.7 Å². The lowest BCUT2D eigenvalue weighted by Crippen LogP contribution is -2.34. The molecule has 7 heteroatoms. The first-order valence-electron chi connectivity index (χ1n) is 8.00. The van der Waals surface area contributed by atoms with Gasteiger partial charge in [0.25, 0.3) is 0 Å². The van der Waals surface area contributed by atoms with Crippen LogP contribution in [0.1, 0.15) is 23.9 Å². The average molecular weight is 392 g/mol. The molecule has 2 heterocycles. The highest BCUT2D eigenvalue weighted by molar-refractivity contribution is 7.80. The molecule has 0 saturated carbocycles. The van der Waals surface area contributed by atoms with Gasteiger partial charge in [0.05, 0.1) is 21.3 Å². The van der Waals surface area contributed by atoms with Gasteiger partial charge in [-0.2, -0.15) is 0 Å². The van der Waals surface area contributed by atoms with Gasteiger partial charge >= 0.3 is 0 Å². The Balaban J connectivity index is 1.56. The monoisotopic (exact) mass is 391 g/mol. The first kappa shape index (κ1) is 16.7. The van der Waals surface area contributed by atoms with Crippen LogP contribution in [0, 0.1) is 5.82 Å². The minimum absolute atomic E-state index is 0.0805. The predicted octanol–water partition coefficient (Wildman–Crippen LogP) is 5.62. The lowest BCUT2D eigenvalue weighted by Gasteiger charge is -2.26. The van der Waals surface area contributed by atoms with Crippen molar-refractivity contribution in [2.45, 2.75) is 18.9 Å². The number of hydrogen-bond acceptors (Lipinski definition) is 3. The van der Waals surface area contributed by atoms with Gasteiger partial charge in [0.1, 0.15) is 10.8 Å². The zero-order chi connectivity index (χ0) is 17.4. The van der Waals surface area contributed by atoms with Crippen molar-refractivity contribution in [2.24, 2.45) is 0 Å². The number of halogens is 2. The van der Waals surface area contributed by atoms with Crippen molar-refractivity contribution < 1.29 is 4.39 Å². The molecule has 1 aliphatic heterocycles. The summed E-state index contributed by atoms with van der Waals surface area (Å²) in [5.74, 6) is -0.438. The molecule has 0 amide bonds. The van der Waals surface area contributed by atoms with Gasteiger partial charge in [-0.3, -0.25) is 0 Å². The predicted molar refractivity (Wildman–Crippen MR) is 106 cm³/mol. The number of thiazole rings is 1. The molecule has 25 heavy (non-hydrogen) atoms. The van der Waals surface area contributed by atoms with Crippen LogP contribution in [-0.4, -0.2) is 21.5 Å². The lowest BCUT2D eigenvalue weighted by molar-refractivity contribution is 0.405. The first-order chi connectivity index (χ1) is 12.1. The summed E-state index contributed by atoms with van der Waals surface area (Å²) < 4.78 is 14.5. The molecule has 0 spiro atoms. The zero-order valence-corrected chi connectivity index (χ0v) is 15.6. The Bertz CT molecular complexity index is 910. The van der Waals surface area contributed by atoms with Crippen LogP contribution in [0.3, 0.4) is 0 Å². The summed E-state index contributed by atoms with van der Waals surface area (Å²) in [6, 6.07) is 12.8. The standard InChI is InChI=1S/C18H15ClFN3S2/c19-12-10-11(7-8-13(12)20)21-18(24)23-9-3-5-15(23)17-22-14-4-1-2-6-16(14)25-17/h1-2,4,6-8,10,15H,3,5,9H2,(H,21,24)/t15-/m1/s1. The van der Waals surface area contributed by atoms with Crippen LogP contribution >= 0.6 is 35.2 Å². The molecule has 4 rings (SSSR count). The summed E-state index contributed by atoms with van der Waals surface area (Å²) in [4.78, 5) is 6.94. The molecule has 0 radical (unpaired) electrons. The fourth-order valence-electron chi connectivity index (χ4n) is 3.07. The summed E-state index contributed by atoms with van der Waals surface area (Å²) in [5.41, 5.74) is 1.71. The molecule has 1 fully saturated rings. The molecule has 0 aliphatic carbocycles. The highest BCUT2D eigenvalue weighted by Crippen LogP contribution is 2.36. The van der Waals surface area contributed by atoms with E-state index in [-0.39, 0.29) is 11.1 Å². The van der Waals surface area contributed by atoms with E-state index < -0.39 is 5.82 Å². The number of benzene rings is 2. The molecule has 2 aromatic carbocycles. The van der Waals surface area contributed by atoms with E-state index in [1.165, 1.54) is 10.8 Å². The Labute approximate surface area is 159 Å². The van der Waals surface area contributed by atoms with E-state index in [0.717, 1.165) is 29.9 Å². The van der Waals surface area contributed by atoms with E-state index in [1.807, 2.05) is 18.2 Å². The van der Waals surface area contributed by atoms with Gasteiger partial charge in [0.2, 0.25) is 0 Å². The summed E-state index contributed by atoms with van der Waals surface area (Å²) in [5, 5.41) is 4.95. The molecular weight excluding hydrogens is 377 g/mol. The second-order valence-electron chi connectivity index (χ2n) is 5.93. The zero-order valence-electron chi connectivity index (χ0n) is 13.2. The number of fused-ring (bicyclic) bond motifs is 1. The molecule has 3 nitrogen and oxygen atoms in total. The van der Waals surface area contributed by atoms with Crippen LogP contribution in [-0.2, 0) is 0 Å². The highest BCUT2D eigenvalue weighted by atomic mass is 35.5. The highest BCUT2D eigenvalue weighted by Gasteiger charge is 2.30. The van der Waals surface area contributed by atoms with Crippen molar-refractivity contribution in [3.63, 3.8) is 0 Å². The van der Waals surface area contributed by atoms with Crippen LogP contribution < -0.4 is 5.32 Å². The number of para-hydroxylation sites is 1. The Morgan fingerprint density at radius 3 is 2.96 bits per heavy atom. The van der Waals surface area contributed by atoms with Crippen molar-refractivity contribution in [2.75, 3.05) is 11.9 Å². The maximum Gasteiger partial charge on any atom is 0.174 e. The van der Waals surface area contributed by atoms with Gasteiger partial charge < -0.3 is 10.2 Å². The third-order valence-corrected chi connectivity index (χ3v) is 6.04. The van der Waals surface area contributed by atoms with Gasteiger partial charge in [-0.15, -0.1) is 11.3 Å². The smallest absolute Gasteiger partial charge is 0.174 e. The molecule has 3 aromatic rings. The van der Waals surface area contributed by atoms with Gasteiger partial charge in [0.15, 0.2) is 5.11 Å². The molecule has 0 bridgehead atoms.